The minimum Gasteiger partial charge on any atom is -0.494 e. The fraction of sp³-hybridized carbons (Fsp3) is 0.625. The van der Waals surface area contributed by atoms with Crippen molar-refractivity contribution in [1.82, 2.24) is 5.32 Å². The lowest BCUT2D eigenvalue weighted by Gasteiger charge is -2.31. The van der Waals surface area contributed by atoms with E-state index in [-0.39, 0.29) is 5.41 Å². The van der Waals surface area contributed by atoms with E-state index in [0.717, 1.165) is 31.7 Å². The van der Waals surface area contributed by atoms with Crippen LogP contribution < -0.4 is 10.1 Å². The van der Waals surface area contributed by atoms with Crippen LogP contribution in [-0.4, -0.2) is 25.1 Å². The van der Waals surface area contributed by atoms with Crippen LogP contribution in [0.3, 0.4) is 0 Å². The molecule has 0 fully saturated rings. The van der Waals surface area contributed by atoms with Gasteiger partial charge in [-0.3, -0.25) is 0 Å². The molecule has 0 amide bonds. The third-order valence-corrected chi connectivity index (χ3v) is 3.39. The van der Waals surface area contributed by atoms with E-state index in [9.17, 15) is 0 Å². The van der Waals surface area contributed by atoms with Crippen molar-refractivity contribution >= 4 is 11.6 Å². The second kappa shape index (κ2) is 8.44. The number of para-hydroxylation sites is 1. The van der Waals surface area contributed by atoms with E-state index in [1.807, 2.05) is 30.3 Å². The number of alkyl halides is 1. The van der Waals surface area contributed by atoms with Gasteiger partial charge in [-0.1, -0.05) is 39.0 Å². The van der Waals surface area contributed by atoms with Crippen LogP contribution in [0.25, 0.3) is 0 Å². The molecule has 3 heteroatoms. The van der Waals surface area contributed by atoms with Gasteiger partial charge in [-0.25, -0.2) is 0 Å². The Morgan fingerprint density at radius 1 is 1.21 bits per heavy atom. The third kappa shape index (κ3) is 6.84. The molecular weight excluding hydrogens is 258 g/mol. The number of nitrogens with one attached hydrogen (secondary N) is 1. The molecule has 1 rings (SSSR count). The normalized spacial score (nSPS) is 13.3. The van der Waals surface area contributed by atoms with Gasteiger partial charge in [-0.15, -0.1) is 11.6 Å². The second-order valence-corrected chi connectivity index (χ2v) is 6.24. The van der Waals surface area contributed by atoms with Gasteiger partial charge in [0.25, 0.3) is 0 Å². The van der Waals surface area contributed by atoms with Gasteiger partial charge in [0.2, 0.25) is 0 Å². The maximum absolute atomic E-state index is 5.86. The second-order valence-electron chi connectivity index (χ2n) is 5.87. The van der Waals surface area contributed by atoms with Crippen molar-refractivity contribution in [1.29, 1.82) is 0 Å². The van der Waals surface area contributed by atoms with Gasteiger partial charge in [-0.05, 0) is 36.9 Å². The smallest absolute Gasteiger partial charge is 0.119 e. The van der Waals surface area contributed by atoms with Crippen LogP contribution in [0.5, 0.6) is 5.75 Å². The number of hydrogen-bond acceptors (Lipinski definition) is 2. The summed E-state index contributed by atoms with van der Waals surface area (Å²) in [6, 6.07) is 10.4. The van der Waals surface area contributed by atoms with E-state index in [1.165, 1.54) is 0 Å². The van der Waals surface area contributed by atoms with E-state index < -0.39 is 0 Å². The van der Waals surface area contributed by atoms with Gasteiger partial charge in [-0.2, -0.15) is 0 Å². The Morgan fingerprint density at radius 2 is 1.89 bits per heavy atom. The summed E-state index contributed by atoms with van der Waals surface area (Å²) >= 11 is 5.86. The van der Waals surface area contributed by atoms with Crippen LogP contribution in [0.15, 0.2) is 30.3 Å². The van der Waals surface area contributed by atoms with Crippen molar-refractivity contribution in [3.8, 4) is 5.75 Å². The summed E-state index contributed by atoms with van der Waals surface area (Å²) in [6.07, 6.45) is 2.01. The first kappa shape index (κ1) is 16.3. The number of hydrogen-bond donors (Lipinski definition) is 1. The van der Waals surface area contributed by atoms with Gasteiger partial charge >= 0.3 is 0 Å². The Bertz CT molecular complexity index is 334. The minimum atomic E-state index is 0.245. The van der Waals surface area contributed by atoms with E-state index in [4.69, 9.17) is 16.3 Å². The number of halogens is 1. The Kier molecular flexibility index (Phi) is 7.25. The molecule has 1 atom stereocenters. The molecule has 2 nitrogen and oxygen atoms in total. The minimum absolute atomic E-state index is 0.245. The summed E-state index contributed by atoms with van der Waals surface area (Å²) in [5.41, 5.74) is 0.245. The molecule has 108 valence electrons. The van der Waals surface area contributed by atoms with Gasteiger partial charge in [0.15, 0.2) is 0 Å². The number of benzene rings is 1. The SMILES string of the molecule is CC(C)(C)C(CCCl)NCCCOc1ccccc1. The molecular formula is C16H26ClNO. The zero-order valence-corrected chi connectivity index (χ0v) is 13.0. The summed E-state index contributed by atoms with van der Waals surface area (Å²) in [5, 5.41) is 3.58. The highest BCUT2D eigenvalue weighted by molar-refractivity contribution is 6.17. The first-order chi connectivity index (χ1) is 9.04. The molecule has 0 aromatic heterocycles. The molecule has 1 aromatic rings. The predicted molar refractivity (Wildman–Crippen MR) is 83.1 cm³/mol. The molecule has 0 saturated heterocycles. The highest BCUT2D eigenvalue weighted by Crippen LogP contribution is 2.22. The van der Waals surface area contributed by atoms with Crippen molar-refractivity contribution in [2.75, 3.05) is 19.0 Å². The molecule has 0 bridgehead atoms. The third-order valence-electron chi connectivity index (χ3n) is 3.17. The lowest BCUT2D eigenvalue weighted by molar-refractivity contribution is 0.249. The molecule has 1 N–H and O–H groups in total. The molecule has 0 spiro atoms. The first-order valence-corrected chi connectivity index (χ1v) is 7.54. The van der Waals surface area contributed by atoms with Crippen LogP contribution >= 0.6 is 11.6 Å². The van der Waals surface area contributed by atoms with Crippen LogP contribution in [-0.2, 0) is 0 Å². The predicted octanol–water partition coefficient (Wildman–Crippen LogP) is 4.09. The first-order valence-electron chi connectivity index (χ1n) is 7.01. The van der Waals surface area contributed by atoms with Gasteiger partial charge in [0, 0.05) is 11.9 Å². The zero-order valence-electron chi connectivity index (χ0n) is 12.3. The summed E-state index contributed by atoms with van der Waals surface area (Å²) < 4.78 is 5.67. The van der Waals surface area contributed by atoms with Crippen molar-refractivity contribution in [2.24, 2.45) is 5.41 Å². The van der Waals surface area contributed by atoms with Gasteiger partial charge in [0.1, 0.15) is 5.75 Å². The lowest BCUT2D eigenvalue weighted by atomic mass is 9.85. The zero-order chi connectivity index (χ0) is 14.1. The maximum Gasteiger partial charge on any atom is 0.119 e. The molecule has 0 aliphatic carbocycles. The summed E-state index contributed by atoms with van der Waals surface area (Å²) in [4.78, 5) is 0. The number of rotatable bonds is 8. The largest absolute Gasteiger partial charge is 0.494 e. The molecule has 19 heavy (non-hydrogen) atoms. The standard InChI is InChI=1S/C16H26ClNO/c1-16(2,3)15(10-11-17)18-12-7-13-19-14-8-5-4-6-9-14/h4-6,8-9,15,18H,7,10-13H2,1-3H3. The van der Waals surface area contributed by atoms with Crippen LogP contribution in [0.4, 0.5) is 0 Å². The van der Waals surface area contributed by atoms with Crippen LogP contribution in [0, 0.1) is 5.41 Å². The van der Waals surface area contributed by atoms with Gasteiger partial charge < -0.3 is 10.1 Å². The average molecular weight is 284 g/mol. The van der Waals surface area contributed by atoms with Crippen LogP contribution in [0.1, 0.15) is 33.6 Å². The van der Waals surface area contributed by atoms with Crippen molar-refractivity contribution in [3.63, 3.8) is 0 Å². The Hall–Kier alpha value is -0.730. The van der Waals surface area contributed by atoms with E-state index in [2.05, 4.69) is 26.1 Å². The summed E-state index contributed by atoms with van der Waals surface area (Å²) in [7, 11) is 0. The van der Waals surface area contributed by atoms with E-state index in [0.29, 0.717) is 11.9 Å². The summed E-state index contributed by atoms with van der Waals surface area (Å²) in [6.45, 7) is 8.45. The number of ether oxygens (including phenoxy) is 1. The maximum atomic E-state index is 5.86. The van der Waals surface area contributed by atoms with E-state index in [1.54, 1.807) is 0 Å². The molecule has 0 radical (unpaired) electrons. The van der Waals surface area contributed by atoms with Gasteiger partial charge in [0.05, 0.1) is 6.61 Å². The fourth-order valence-electron chi connectivity index (χ4n) is 2.01. The van der Waals surface area contributed by atoms with Crippen molar-refractivity contribution in [3.05, 3.63) is 30.3 Å². The lowest BCUT2D eigenvalue weighted by Crippen LogP contribution is -2.41. The van der Waals surface area contributed by atoms with Crippen molar-refractivity contribution in [2.45, 2.75) is 39.7 Å². The molecule has 1 aromatic carbocycles. The average Bonchev–Trinajstić information content (AvgIpc) is 2.37. The Labute approximate surface area is 122 Å². The van der Waals surface area contributed by atoms with Crippen LogP contribution in [0.2, 0.25) is 0 Å². The Balaban J connectivity index is 2.18. The fourth-order valence-corrected chi connectivity index (χ4v) is 2.22. The monoisotopic (exact) mass is 283 g/mol. The molecule has 1 unspecified atom stereocenters. The summed E-state index contributed by atoms with van der Waals surface area (Å²) in [5.74, 6) is 1.64. The molecule has 0 heterocycles. The highest BCUT2D eigenvalue weighted by Gasteiger charge is 2.22. The molecule has 0 saturated carbocycles. The quantitative estimate of drug-likeness (QED) is 0.573. The molecule has 0 aliphatic heterocycles. The van der Waals surface area contributed by atoms with Crippen molar-refractivity contribution < 1.29 is 4.74 Å². The Morgan fingerprint density at radius 3 is 2.47 bits per heavy atom. The highest BCUT2D eigenvalue weighted by atomic mass is 35.5. The molecule has 0 aliphatic rings. The topological polar surface area (TPSA) is 21.3 Å². The van der Waals surface area contributed by atoms with E-state index >= 15 is 0 Å².